The molecule has 18 heavy (non-hydrogen) atoms. The lowest BCUT2D eigenvalue weighted by molar-refractivity contribution is 0.421. The highest BCUT2D eigenvalue weighted by molar-refractivity contribution is 5.28. The van der Waals surface area contributed by atoms with Crippen molar-refractivity contribution in [3.05, 3.63) is 12.0 Å². The van der Waals surface area contributed by atoms with Gasteiger partial charge in [-0.2, -0.15) is 4.98 Å². The second-order valence-corrected chi connectivity index (χ2v) is 6.01. The standard InChI is InChI=1S/C14H27N3O/c1-7-8-17(11(2)3)13-16-12(10-18-13)9-15-14(4,5)6/h10-11,15H,7-9H2,1-6H3. The quantitative estimate of drug-likeness (QED) is 0.845. The van der Waals surface area contributed by atoms with E-state index >= 15 is 0 Å². The molecule has 4 nitrogen and oxygen atoms in total. The van der Waals surface area contributed by atoms with Crippen LogP contribution >= 0.6 is 0 Å². The maximum Gasteiger partial charge on any atom is 0.297 e. The highest BCUT2D eigenvalue weighted by atomic mass is 16.4. The molecule has 0 aromatic carbocycles. The van der Waals surface area contributed by atoms with Crippen molar-refractivity contribution in [1.82, 2.24) is 10.3 Å². The van der Waals surface area contributed by atoms with Crippen molar-refractivity contribution in [1.29, 1.82) is 0 Å². The van der Waals surface area contributed by atoms with Crippen molar-refractivity contribution in [2.75, 3.05) is 11.4 Å². The highest BCUT2D eigenvalue weighted by Crippen LogP contribution is 2.17. The molecule has 0 fully saturated rings. The Balaban J connectivity index is 2.66. The normalized spacial score (nSPS) is 12.2. The molecule has 0 aliphatic carbocycles. The van der Waals surface area contributed by atoms with Crippen LogP contribution in [0.25, 0.3) is 0 Å². The predicted molar refractivity (Wildman–Crippen MR) is 75.9 cm³/mol. The Bertz CT molecular complexity index is 352. The Morgan fingerprint density at radius 2 is 2.06 bits per heavy atom. The first-order valence-electron chi connectivity index (χ1n) is 6.79. The zero-order chi connectivity index (χ0) is 13.8. The molecule has 0 saturated carbocycles. The molecule has 0 unspecified atom stereocenters. The van der Waals surface area contributed by atoms with E-state index in [-0.39, 0.29) is 5.54 Å². The second-order valence-electron chi connectivity index (χ2n) is 6.01. The molecule has 1 N–H and O–H groups in total. The van der Waals surface area contributed by atoms with E-state index in [1.165, 1.54) is 0 Å². The minimum absolute atomic E-state index is 0.0975. The topological polar surface area (TPSA) is 41.3 Å². The smallest absolute Gasteiger partial charge is 0.297 e. The zero-order valence-corrected chi connectivity index (χ0v) is 12.6. The van der Waals surface area contributed by atoms with Gasteiger partial charge >= 0.3 is 0 Å². The molecule has 1 aromatic rings. The lowest BCUT2D eigenvalue weighted by Gasteiger charge is -2.24. The summed E-state index contributed by atoms with van der Waals surface area (Å²) in [6.07, 6.45) is 2.84. The van der Waals surface area contributed by atoms with Crippen LogP contribution in [-0.2, 0) is 6.54 Å². The van der Waals surface area contributed by atoms with E-state index in [1.807, 2.05) is 0 Å². The van der Waals surface area contributed by atoms with Gasteiger partial charge in [-0.25, -0.2) is 0 Å². The minimum atomic E-state index is 0.0975. The van der Waals surface area contributed by atoms with E-state index in [1.54, 1.807) is 6.26 Å². The van der Waals surface area contributed by atoms with Gasteiger partial charge in [0.2, 0.25) is 0 Å². The van der Waals surface area contributed by atoms with Gasteiger partial charge in [-0.05, 0) is 41.0 Å². The van der Waals surface area contributed by atoms with Gasteiger partial charge in [0, 0.05) is 24.7 Å². The van der Waals surface area contributed by atoms with E-state index in [9.17, 15) is 0 Å². The SMILES string of the molecule is CCCN(c1nc(CNC(C)(C)C)co1)C(C)C. The zero-order valence-electron chi connectivity index (χ0n) is 12.6. The maximum absolute atomic E-state index is 5.58. The van der Waals surface area contributed by atoms with Gasteiger partial charge in [-0.15, -0.1) is 0 Å². The summed E-state index contributed by atoms with van der Waals surface area (Å²) in [5.41, 5.74) is 1.06. The third-order valence-electron chi connectivity index (χ3n) is 2.67. The molecule has 0 aliphatic heterocycles. The fraction of sp³-hybridized carbons (Fsp3) is 0.786. The van der Waals surface area contributed by atoms with Gasteiger partial charge in [-0.3, -0.25) is 0 Å². The fourth-order valence-electron chi connectivity index (χ4n) is 1.68. The Kier molecular flexibility index (Phi) is 5.20. The number of hydrogen-bond acceptors (Lipinski definition) is 4. The van der Waals surface area contributed by atoms with Crippen LogP contribution in [0.2, 0.25) is 0 Å². The second kappa shape index (κ2) is 6.23. The third-order valence-corrected chi connectivity index (χ3v) is 2.67. The predicted octanol–water partition coefficient (Wildman–Crippen LogP) is 3.19. The van der Waals surface area contributed by atoms with Crippen LogP contribution in [0.1, 0.15) is 53.7 Å². The molecule has 0 bridgehead atoms. The summed E-state index contributed by atoms with van der Waals surface area (Å²) in [5, 5.41) is 3.41. The molecular weight excluding hydrogens is 226 g/mol. The fourth-order valence-corrected chi connectivity index (χ4v) is 1.68. The summed E-state index contributed by atoms with van der Waals surface area (Å²) in [5.74, 6) is 0. The first-order valence-corrected chi connectivity index (χ1v) is 6.79. The maximum atomic E-state index is 5.58. The Morgan fingerprint density at radius 3 is 2.56 bits per heavy atom. The average Bonchev–Trinajstić information content (AvgIpc) is 2.70. The summed E-state index contributed by atoms with van der Waals surface area (Å²) in [6, 6.07) is 1.14. The van der Waals surface area contributed by atoms with Crippen molar-refractivity contribution < 1.29 is 4.42 Å². The number of rotatable bonds is 6. The lowest BCUT2D eigenvalue weighted by atomic mass is 10.1. The van der Waals surface area contributed by atoms with Crippen molar-refractivity contribution in [2.45, 2.75) is 66.1 Å². The van der Waals surface area contributed by atoms with E-state index in [0.717, 1.165) is 31.2 Å². The Labute approximate surface area is 111 Å². The van der Waals surface area contributed by atoms with Gasteiger partial charge in [0.05, 0.1) is 5.69 Å². The number of nitrogens with zero attached hydrogens (tertiary/aromatic N) is 2. The average molecular weight is 253 g/mol. The molecule has 0 radical (unpaired) electrons. The van der Waals surface area contributed by atoms with Crippen molar-refractivity contribution in [3.63, 3.8) is 0 Å². The summed E-state index contributed by atoms with van der Waals surface area (Å²) in [7, 11) is 0. The molecule has 0 amide bonds. The molecule has 104 valence electrons. The van der Waals surface area contributed by atoms with Crippen LogP contribution in [0.3, 0.4) is 0 Å². The monoisotopic (exact) mass is 253 g/mol. The molecule has 0 spiro atoms. The molecule has 0 saturated heterocycles. The molecular formula is C14H27N3O. The van der Waals surface area contributed by atoms with Gasteiger partial charge < -0.3 is 14.6 Å². The van der Waals surface area contributed by atoms with Gasteiger partial charge in [-0.1, -0.05) is 6.92 Å². The van der Waals surface area contributed by atoms with Gasteiger partial charge in [0.1, 0.15) is 6.26 Å². The highest BCUT2D eigenvalue weighted by Gasteiger charge is 2.16. The number of anilines is 1. The molecule has 0 aliphatic rings. The number of aromatic nitrogens is 1. The van der Waals surface area contributed by atoms with Crippen molar-refractivity contribution >= 4 is 6.01 Å². The van der Waals surface area contributed by atoms with E-state index in [4.69, 9.17) is 4.42 Å². The molecule has 1 heterocycles. The Hall–Kier alpha value is -1.03. The number of nitrogens with one attached hydrogen (secondary N) is 1. The first kappa shape index (κ1) is 15.0. The summed E-state index contributed by atoms with van der Waals surface area (Å²) < 4.78 is 5.58. The van der Waals surface area contributed by atoms with Crippen LogP contribution in [0, 0.1) is 0 Å². The largest absolute Gasteiger partial charge is 0.432 e. The van der Waals surface area contributed by atoms with Crippen LogP contribution in [0.5, 0.6) is 0 Å². The van der Waals surface area contributed by atoms with E-state index in [2.05, 4.69) is 56.7 Å². The molecule has 0 atom stereocenters. The van der Waals surface area contributed by atoms with E-state index in [0.29, 0.717) is 6.04 Å². The van der Waals surface area contributed by atoms with Crippen molar-refractivity contribution in [2.24, 2.45) is 0 Å². The van der Waals surface area contributed by atoms with Crippen LogP contribution in [0.4, 0.5) is 6.01 Å². The number of oxazole rings is 1. The van der Waals surface area contributed by atoms with Gasteiger partial charge in [0.25, 0.3) is 6.01 Å². The number of hydrogen-bond donors (Lipinski definition) is 1. The minimum Gasteiger partial charge on any atom is -0.432 e. The molecule has 4 heteroatoms. The van der Waals surface area contributed by atoms with E-state index < -0.39 is 0 Å². The molecule has 1 rings (SSSR count). The van der Waals surface area contributed by atoms with Crippen molar-refractivity contribution in [3.8, 4) is 0 Å². The summed E-state index contributed by atoms with van der Waals surface area (Å²) in [4.78, 5) is 6.75. The van der Waals surface area contributed by atoms with Crippen LogP contribution in [-0.4, -0.2) is 23.1 Å². The van der Waals surface area contributed by atoms with Crippen LogP contribution < -0.4 is 10.2 Å². The molecule has 1 aromatic heterocycles. The Morgan fingerprint density at radius 1 is 1.39 bits per heavy atom. The lowest BCUT2D eigenvalue weighted by Crippen LogP contribution is -2.35. The third kappa shape index (κ3) is 4.69. The first-order chi connectivity index (χ1) is 8.33. The summed E-state index contributed by atoms with van der Waals surface area (Å²) in [6.45, 7) is 14.6. The van der Waals surface area contributed by atoms with Gasteiger partial charge in [0.15, 0.2) is 0 Å². The van der Waals surface area contributed by atoms with Crippen LogP contribution in [0.15, 0.2) is 10.7 Å². The summed E-state index contributed by atoms with van der Waals surface area (Å²) >= 11 is 0.